The molecule has 1 fully saturated rings. The zero-order chi connectivity index (χ0) is 10.8. The third-order valence-corrected chi connectivity index (χ3v) is 2.93. The van der Waals surface area contributed by atoms with Crippen molar-refractivity contribution < 1.29 is 0 Å². The average molecular weight is 208 g/mol. The summed E-state index contributed by atoms with van der Waals surface area (Å²) in [5, 5.41) is 0. The van der Waals surface area contributed by atoms with Crippen LogP contribution in [0, 0.1) is 0 Å². The van der Waals surface area contributed by atoms with Crippen LogP contribution in [0.4, 0.5) is 0 Å². The third-order valence-electron chi connectivity index (χ3n) is 2.93. The van der Waals surface area contributed by atoms with Gasteiger partial charge in [-0.15, -0.1) is 0 Å². The van der Waals surface area contributed by atoms with E-state index in [0.29, 0.717) is 11.7 Å². The predicted octanol–water partition coefficient (Wildman–Crippen LogP) is -0.0738. The van der Waals surface area contributed by atoms with E-state index in [1.165, 1.54) is 6.42 Å². The summed E-state index contributed by atoms with van der Waals surface area (Å²) in [5.74, 6) is 0. The summed E-state index contributed by atoms with van der Waals surface area (Å²) in [5.41, 5.74) is 5.85. The summed E-state index contributed by atoms with van der Waals surface area (Å²) in [6.07, 6.45) is 6.04. The van der Waals surface area contributed by atoms with Crippen LogP contribution >= 0.6 is 0 Å². The lowest BCUT2D eigenvalue weighted by Crippen LogP contribution is -2.26. The molecule has 1 unspecified atom stereocenters. The quantitative estimate of drug-likeness (QED) is 0.738. The molecule has 1 aliphatic rings. The Balaban J connectivity index is 2.32. The number of hydrogen-bond acceptors (Lipinski definition) is 4. The lowest BCUT2D eigenvalue weighted by Gasteiger charge is -2.22. The normalized spacial score (nSPS) is 22.1. The summed E-state index contributed by atoms with van der Waals surface area (Å²) in [6, 6.07) is 0. The molecule has 0 bridgehead atoms. The van der Waals surface area contributed by atoms with E-state index in [0.717, 1.165) is 13.0 Å². The first-order valence-corrected chi connectivity index (χ1v) is 5.19. The minimum absolute atomic E-state index is 0.214. The van der Waals surface area contributed by atoms with Crippen LogP contribution < -0.4 is 11.3 Å². The largest absolute Gasteiger partial charge is 0.326 e. The molecule has 82 valence electrons. The molecule has 0 aliphatic carbocycles. The highest BCUT2D eigenvalue weighted by Gasteiger charge is 2.21. The second-order valence-electron chi connectivity index (χ2n) is 3.96. The van der Waals surface area contributed by atoms with Gasteiger partial charge in [-0.05, 0) is 26.4 Å². The van der Waals surface area contributed by atoms with Crippen LogP contribution in [0.3, 0.4) is 0 Å². The molecule has 1 aromatic heterocycles. The third kappa shape index (κ3) is 1.93. The fourth-order valence-electron chi connectivity index (χ4n) is 2.04. The van der Waals surface area contributed by atoms with Gasteiger partial charge in [0.05, 0.1) is 6.17 Å². The Morgan fingerprint density at radius 3 is 3.07 bits per heavy atom. The zero-order valence-corrected chi connectivity index (χ0v) is 8.89. The minimum atomic E-state index is -0.214. The number of nitrogens with two attached hydrogens (primary N) is 1. The van der Waals surface area contributed by atoms with Crippen molar-refractivity contribution in [2.45, 2.75) is 25.6 Å². The lowest BCUT2D eigenvalue weighted by molar-refractivity contribution is 0.234. The van der Waals surface area contributed by atoms with Crippen LogP contribution in [-0.2, 0) is 6.54 Å². The Hall–Kier alpha value is -1.20. The van der Waals surface area contributed by atoms with Crippen LogP contribution in [0.2, 0.25) is 0 Å². The van der Waals surface area contributed by atoms with Crippen LogP contribution in [0.15, 0.2) is 17.3 Å². The van der Waals surface area contributed by atoms with Crippen molar-refractivity contribution in [2.24, 2.45) is 5.73 Å². The molecule has 1 aliphatic heterocycles. The smallest absolute Gasteiger partial charge is 0.277 e. The van der Waals surface area contributed by atoms with Gasteiger partial charge >= 0.3 is 0 Å². The van der Waals surface area contributed by atoms with Crippen LogP contribution in [0.25, 0.3) is 0 Å². The minimum Gasteiger partial charge on any atom is -0.326 e. The van der Waals surface area contributed by atoms with Gasteiger partial charge in [-0.2, -0.15) is 4.98 Å². The molecule has 0 amide bonds. The van der Waals surface area contributed by atoms with Crippen molar-refractivity contribution in [2.75, 3.05) is 13.6 Å². The zero-order valence-electron chi connectivity index (χ0n) is 8.89. The molecule has 2 heterocycles. The van der Waals surface area contributed by atoms with Crippen molar-refractivity contribution in [1.29, 1.82) is 0 Å². The molecule has 15 heavy (non-hydrogen) atoms. The van der Waals surface area contributed by atoms with Gasteiger partial charge in [0.2, 0.25) is 0 Å². The van der Waals surface area contributed by atoms with Gasteiger partial charge < -0.3 is 10.3 Å². The topological polar surface area (TPSA) is 64.2 Å². The van der Waals surface area contributed by atoms with Crippen molar-refractivity contribution >= 4 is 0 Å². The first-order valence-electron chi connectivity index (χ1n) is 5.19. The van der Waals surface area contributed by atoms with E-state index in [1.807, 2.05) is 10.8 Å². The first kappa shape index (κ1) is 10.3. The second kappa shape index (κ2) is 4.12. The molecule has 0 spiro atoms. The molecule has 2 N–H and O–H groups in total. The second-order valence-corrected chi connectivity index (χ2v) is 3.96. The Bertz CT molecular complexity index is 401. The van der Waals surface area contributed by atoms with E-state index >= 15 is 0 Å². The van der Waals surface area contributed by atoms with Gasteiger partial charge in [0.15, 0.2) is 0 Å². The van der Waals surface area contributed by atoms with Crippen molar-refractivity contribution in [3.8, 4) is 0 Å². The molecule has 1 aromatic rings. The maximum atomic E-state index is 11.3. The van der Waals surface area contributed by atoms with Crippen molar-refractivity contribution in [1.82, 2.24) is 14.5 Å². The first-order chi connectivity index (χ1) is 7.22. The SMILES string of the molecule is CN1CCCC1n1cnc(=O)c(CN)c1. The van der Waals surface area contributed by atoms with Crippen LogP contribution in [-0.4, -0.2) is 28.0 Å². The highest BCUT2D eigenvalue weighted by Crippen LogP contribution is 2.23. The Morgan fingerprint density at radius 2 is 2.47 bits per heavy atom. The van der Waals surface area contributed by atoms with E-state index in [9.17, 15) is 4.79 Å². The summed E-state index contributed by atoms with van der Waals surface area (Å²) >= 11 is 0. The fraction of sp³-hybridized carbons (Fsp3) is 0.600. The fourth-order valence-corrected chi connectivity index (χ4v) is 2.04. The molecule has 2 rings (SSSR count). The standard InChI is InChI=1S/C10H16N4O/c1-13-4-2-3-9(13)14-6-8(5-11)10(15)12-7-14/h6-7,9H,2-5,11H2,1H3. The summed E-state index contributed by atoms with van der Waals surface area (Å²) in [7, 11) is 2.08. The Labute approximate surface area is 88.5 Å². The molecule has 0 radical (unpaired) electrons. The van der Waals surface area contributed by atoms with Crippen LogP contribution in [0.1, 0.15) is 24.6 Å². The van der Waals surface area contributed by atoms with Gasteiger partial charge in [0, 0.05) is 18.3 Å². The number of likely N-dealkylation sites (tertiary alicyclic amines) is 1. The molecular formula is C10H16N4O. The van der Waals surface area contributed by atoms with E-state index in [4.69, 9.17) is 5.73 Å². The molecule has 5 heteroatoms. The van der Waals surface area contributed by atoms with Crippen LogP contribution in [0.5, 0.6) is 0 Å². The maximum absolute atomic E-state index is 11.3. The van der Waals surface area contributed by atoms with Gasteiger partial charge in [-0.25, -0.2) is 0 Å². The van der Waals surface area contributed by atoms with Gasteiger partial charge in [0.1, 0.15) is 6.33 Å². The van der Waals surface area contributed by atoms with E-state index in [2.05, 4.69) is 16.9 Å². The number of hydrogen-bond donors (Lipinski definition) is 1. The molecule has 1 saturated heterocycles. The summed E-state index contributed by atoms with van der Waals surface area (Å²) in [6.45, 7) is 1.35. The molecule has 1 atom stereocenters. The lowest BCUT2D eigenvalue weighted by atomic mass is 10.3. The predicted molar refractivity (Wildman–Crippen MR) is 57.3 cm³/mol. The maximum Gasteiger partial charge on any atom is 0.277 e. The van der Waals surface area contributed by atoms with Crippen molar-refractivity contribution in [3.05, 3.63) is 28.4 Å². The van der Waals surface area contributed by atoms with E-state index in [1.54, 1.807) is 6.33 Å². The number of nitrogens with zero attached hydrogens (tertiary/aromatic N) is 3. The Morgan fingerprint density at radius 1 is 1.67 bits per heavy atom. The molecule has 5 nitrogen and oxygen atoms in total. The van der Waals surface area contributed by atoms with E-state index < -0.39 is 0 Å². The molecule has 0 saturated carbocycles. The van der Waals surface area contributed by atoms with Gasteiger partial charge in [0.25, 0.3) is 5.56 Å². The highest BCUT2D eigenvalue weighted by molar-refractivity contribution is 5.04. The molecule has 0 aromatic carbocycles. The highest BCUT2D eigenvalue weighted by atomic mass is 16.1. The summed E-state index contributed by atoms with van der Waals surface area (Å²) < 4.78 is 1.98. The summed E-state index contributed by atoms with van der Waals surface area (Å²) in [4.78, 5) is 17.4. The number of rotatable bonds is 2. The monoisotopic (exact) mass is 208 g/mol. The van der Waals surface area contributed by atoms with E-state index in [-0.39, 0.29) is 12.1 Å². The van der Waals surface area contributed by atoms with Crippen molar-refractivity contribution in [3.63, 3.8) is 0 Å². The molecular weight excluding hydrogens is 192 g/mol. The average Bonchev–Trinajstić information content (AvgIpc) is 2.65. The van der Waals surface area contributed by atoms with Gasteiger partial charge in [-0.1, -0.05) is 0 Å². The van der Waals surface area contributed by atoms with Gasteiger partial charge in [-0.3, -0.25) is 9.69 Å². The number of aromatic nitrogens is 2. The Kier molecular flexibility index (Phi) is 2.83.